The van der Waals surface area contributed by atoms with Crippen LogP contribution in [0.25, 0.3) is 0 Å². The molecule has 0 spiro atoms. The number of aryl methyl sites for hydroxylation is 2. The number of rotatable bonds is 5. The Morgan fingerprint density at radius 2 is 1.81 bits per heavy atom. The summed E-state index contributed by atoms with van der Waals surface area (Å²) in [5.41, 5.74) is 1.48. The molecule has 0 saturated heterocycles. The summed E-state index contributed by atoms with van der Waals surface area (Å²) in [7, 11) is 0. The second-order valence-corrected chi connectivity index (χ2v) is 7.18. The Hall–Kier alpha value is -1.46. The van der Waals surface area contributed by atoms with E-state index in [1.54, 1.807) is 11.3 Å². The molecule has 0 atom stereocenters. The maximum atomic E-state index is 12.1. The molecule has 0 aliphatic rings. The molecule has 0 bridgehead atoms. The van der Waals surface area contributed by atoms with Gasteiger partial charge in [-0.1, -0.05) is 15.9 Å². The van der Waals surface area contributed by atoms with Crippen LogP contribution >= 0.6 is 27.3 Å². The van der Waals surface area contributed by atoms with Crippen LogP contribution in [0.3, 0.4) is 0 Å². The number of benzene rings is 1. The maximum Gasteiger partial charge on any atom is 0.224 e. The summed E-state index contributed by atoms with van der Waals surface area (Å²) in [5.74, 6) is -0.113. The Balaban J connectivity index is 1.88. The summed E-state index contributed by atoms with van der Waals surface area (Å²) in [6.07, 6.45) is 0.433. The molecule has 1 aromatic carbocycles. The number of thiophene rings is 1. The molecule has 1 N–H and O–H groups in total. The van der Waals surface area contributed by atoms with Crippen molar-refractivity contribution >= 4 is 44.6 Å². The Kier molecular flexibility index (Phi) is 5.31. The topological polar surface area (TPSA) is 46.2 Å². The number of anilines is 1. The predicted molar refractivity (Wildman–Crippen MR) is 90.1 cm³/mol. The van der Waals surface area contributed by atoms with Gasteiger partial charge in [-0.25, -0.2) is 0 Å². The Bertz CT molecular complexity index is 661. The standard InChI is InChI=1S/C16H16BrNO2S/c1-10-9-14(11(2)21-10)15(19)7-8-16(20)18-13-5-3-12(17)4-6-13/h3-6,9H,7-8H2,1-2H3,(H,18,20). The number of ketones is 1. The number of carbonyl (C=O) groups excluding carboxylic acids is 2. The summed E-state index contributed by atoms with van der Waals surface area (Å²) < 4.78 is 0.957. The molecule has 21 heavy (non-hydrogen) atoms. The summed E-state index contributed by atoms with van der Waals surface area (Å²) >= 11 is 4.95. The summed E-state index contributed by atoms with van der Waals surface area (Å²) in [5, 5.41) is 2.79. The number of halogens is 1. The summed E-state index contributed by atoms with van der Waals surface area (Å²) in [6.45, 7) is 3.92. The number of carbonyl (C=O) groups is 2. The third-order valence-electron chi connectivity index (χ3n) is 3.05. The lowest BCUT2D eigenvalue weighted by molar-refractivity contribution is -0.116. The van der Waals surface area contributed by atoms with Gasteiger partial charge in [0.15, 0.2) is 5.78 Å². The second-order valence-electron chi connectivity index (χ2n) is 4.81. The van der Waals surface area contributed by atoms with Gasteiger partial charge in [-0.15, -0.1) is 11.3 Å². The fourth-order valence-electron chi connectivity index (χ4n) is 2.03. The van der Waals surface area contributed by atoms with Gasteiger partial charge in [-0.3, -0.25) is 9.59 Å². The average molecular weight is 366 g/mol. The number of hydrogen-bond acceptors (Lipinski definition) is 3. The minimum atomic E-state index is -0.143. The molecule has 110 valence electrons. The monoisotopic (exact) mass is 365 g/mol. The molecule has 3 nitrogen and oxygen atoms in total. The first kappa shape index (κ1) is 15.9. The van der Waals surface area contributed by atoms with Gasteiger partial charge < -0.3 is 5.32 Å². The molecule has 1 aromatic heterocycles. The van der Waals surface area contributed by atoms with Crippen molar-refractivity contribution in [3.63, 3.8) is 0 Å². The first-order valence-electron chi connectivity index (χ1n) is 6.61. The van der Waals surface area contributed by atoms with E-state index in [-0.39, 0.29) is 24.5 Å². The third kappa shape index (κ3) is 4.51. The van der Waals surface area contributed by atoms with Crippen LogP contribution in [0.2, 0.25) is 0 Å². The lowest BCUT2D eigenvalue weighted by Crippen LogP contribution is -2.13. The van der Waals surface area contributed by atoms with Crippen LogP contribution in [0, 0.1) is 13.8 Å². The molecule has 0 aliphatic carbocycles. The van der Waals surface area contributed by atoms with Crippen LogP contribution in [0.1, 0.15) is 33.0 Å². The van der Waals surface area contributed by atoms with Gasteiger partial charge in [0.25, 0.3) is 0 Å². The van der Waals surface area contributed by atoms with Crippen molar-refractivity contribution in [3.8, 4) is 0 Å². The number of nitrogens with one attached hydrogen (secondary N) is 1. The minimum Gasteiger partial charge on any atom is -0.326 e. The van der Waals surface area contributed by atoms with Crippen molar-refractivity contribution < 1.29 is 9.59 Å². The van der Waals surface area contributed by atoms with Crippen molar-refractivity contribution in [2.24, 2.45) is 0 Å². The van der Waals surface area contributed by atoms with Crippen molar-refractivity contribution in [2.45, 2.75) is 26.7 Å². The highest BCUT2D eigenvalue weighted by Crippen LogP contribution is 2.22. The van der Waals surface area contributed by atoms with E-state index in [0.29, 0.717) is 0 Å². The fraction of sp³-hybridized carbons (Fsp3) is 0.250. The summed E-state index contributed by atoms with van der Waals surface area (Å²) in [4.78, 5) is 26.1. The van der Waals surface area contributed by atoms with Crippen LogP contribution in [-0.4, -0.2) is 11.7 Å². The van der Waals surface area contributed by atoms with E-state index < -0.39 is 0 Å². The zero-order valence-electron chi connectivity index (χ0n) is 11.9. The van der Waals surface area contributed by atoms with Crippen LogP contribution in [0.15, 0.2) is 34.8 Å². The van der Waals surface area contributed by atoms with Gasteiger partial charge in [0.1, 0.15) is 0 Å². The van der Waals surface area contributed by atoms with E-state index in [1.807, 2.05) is 44.2 Å². The molecule has 2 aromatic rings. The second kappa shape index (κ2) is 7.00. The average Bonchev–Trinajstić information content (AvgIpc) is 2.78. The Labute approximate surface area is 136 Å². The van der Waals surface area contributed by atoms with Crippen molar-refractivity contribution in [2.75, 3.05) is 5.32 Å². The van der Waals surface area contributed by atoms with Gasteiger partial charge >= 0.3 is 0 Å². The maximum absolute atomic E-state index is 12.1. The fourth-order valence-corrected chi connectivity index (χ4v) is 3.23. The highest BCUT2D eigenvalue weighted by molar-refractivity contribution is 9.10. The highest BCUT2D eigenvalue weighted by Gasteiger charge is 2.13. The zero-order valence-corrected chi connectivity index (χ0v) is 14.3. The van der Waals surface area contributed by atoms with E-state index in [4.69, 9.17) is 0 Å². The molecule has 0 radical (unpaired) electrons. The number of hydrogen-bond donors (Lipinski definition) is 1. The van der Waals surface area contributed by atoms with E-state index in [2.05, 4.69) is 21.2 Å². The van der Waals surface area contributed by atoms with Crippen LogP contribution in [0.4, 0.5) is 5.69 Å². The largest absolute Gasteiger partial charge is 0.326 e. The molecule has 0 saturated carbocycles. The van der Waals surface area contributed by atoms with Crippen LogP contribution < -0.4 is 5.32 Å². The van der Waals surface area contributed by atoms with E-state index in [9.17, 15) is 9.59 Å². The van der Waals surface area contributed by atoms with Crippen molar-refractivity contribution in [3.05, 3.63) is 50.1 Å². The molecule has 1 amide bonds. The van der Waals surface area contributed by atoms with Gasteiger partial charge in [-0.05, 0) is 44.2 Å². The minimum absolute atomic E-state index is 0.0304. The summed E-state index contributed by atoms with van der Waals surface area (Å²) in [6, 6.07) is 9.25. The van der Waals surface area contributed by atoms with E-state index in [1.165, 1.54) is 0 Å². The lowest BCUT2D eigenvalue weighted by atomic mass is 10.1. The van der Waals surface area contributed by atoms with Gasteiger partial charge in [0.2, 0.25) is 5.91 Å². The smallest absolute Gasteiger partial charge is 0.224 e. The van der Waals surface area contributed by atoms with Crippen LogP contribution in [0.5, 0.6) is 0 Å². The Morgan fingerprint density at radius 1 is 1.14 bits per heavy atom. The lowest BCUT2D eigenvalue weighted by Gasteiger charge is -2.05. The van der Waals surface area contributed by atoms with Crippen LogP contribution in [-0.2, 0) is 4.79 Å². The molecule has 2 rings (SSSR count). The van der Waals surface area contributed by atoms with Gasteiger partial charge in [0, 0.05) is 38.3 Å². The van der Waals surface area contributed by atoms with Gasteiger partial charge in [-0.2, -0.15) is 0 Å². The van der Waals surface area contributed by atoms with E-state index in [0.717, 1.165) is 25.5 Å². The first-order chi connectivity index (χ1) is 9.95. The van der Waals surface area contributed by atoms with Crippen molar-refractivity contribution in [1.29, 1.82) is 0 Å². The molecule has 0 unspecified atom stereocenters. The zero-order chi connectivity index (χ0) is 15.4. The molecular formula is C16H16BrNO2S. The van der Waals surface area contributed by atoms with E-state index >= 15 is 0 Å². The van der Waals surface area contributed by atoms with Crippen molar-refractivity contribution in [1.82, 2.24) is 0 Å². The molecule has 1 heterocycles. The molecule has 5 heteroatoms. The predicted octanol–water partition coefficient (Wildman–Crippen LogP) is 4.73. The molecule has 0 fully saturated rings. The first-order valence-corrected chi connectivity index (χ1v) is 8.22. The van der Waals surface area contributed by atoms with Gasteiger partial charge in [0.05, 0.1) is 0 Å². The normalized spacial score (nSPS) is 10.4. The quantitative estimate of drug-likeness (QED) is 0.778. The number of amides is 1. The highest BCUT2D eigenvalue weighted by atomic mass is 79.9. The Morgan fingerprint density at radius 3 is 2.38 bits per heavy atom. The molecular weight excluding hydrogens is 350 g/mol. The number of Topliss-reactive ketones (excluding diaryl/α,β-unsaturated/α-hetero) is 1. The molecule has 0 aliphatic heterocycles. The SMILES string of the molecule is Cc1cc(C(=O)CCC(=O)Nc2ccc(Br)cc2)c(C)s1. The third-order valence-corrected chi connectivity index (χ3v) is 4.54.